The van der Waals surface area contributed by atoms with Crippen LogP contribution in [0.4, 0.5) is 0 Å². The van der Waals surface area contributed by atoms with Crippen molar-refractivity contribution < 1.29 is 8.83 Å². The van der Waals surface area contributed by atoms with Crippen LogP contribution in [0.15, 0.2) is 148 Å². The van der Waals surface area contributed by atoms with Gasteiger partial charge in [0.05, 0.1) is 5.69 Å². The molecule has 0 atom stereocenters. The van der Waals surface area contributed by atoms with Gasteiger partial charge in [-0.15, -0.1) is 0 Å². The predicted molar refractivity (Wildman–Crippen MR) is 172 cm³/mol. The van der Waals surface area contributed by atoms with Crippen molar-refractivity contribution >= 4 is 44.1 Å². The van der Waals surface area contributed by atoms with Crippen LogP contribution in [0, 0.1) is 0 Å². The highest BCUT2D eigenvalue weighted by Gasteiger charge is 2.26. The van der Waals surface area contributed by atoms with Crippen molar-refractivity contribution in [1.29, 1.82) is 0 Å². The molecule has 0 amide bonds. The molecule has 202 valence electrons. The normalized spacial score (nSPS) is 11.7. The van der Waals surface area contributed by atoms with Crippen LogP contribution in [0.3, 0.4) is 0 Å². The Hall–Kier alpha value is -5.94. The standard InChI is InChI=1S/C38H23N3O2/c1-3-12-24(13-4-1)26-16-11-17-27(22-26)30-23-33(40-38(39-30)25-14-5-2-6-15-25)41-34-28-18-7-9-20-31(28)42-36(34)37-35(41)29-19-8-10-21-32(29)43-37/h1-23H. The second kappa shape index (κ2) is 9.29. The van der Waals surface area contributed by atoms with Crippen LogP contribution in [0.1, 0.15) is 0 Å². The molecule has 0 unspecified atom stereocenters. The number of nitrogens with zero attached hydrogens (tertiary/aromatic N) is 3. The average molecular weight is 554 g/mol. The molecule has 0 bridgehead atoms. The second-order valence-electron chi connectivity index (χ2n) is 10.6. The maximum absolute atomic E-state index is 6.43. The van der Waals surface area contributed by atoms with Gasteiger partial charge in [-0.3, -0.25) is 4.57 Å². The minimum Gasteiger partial charge on any atom is -0.450 e. The molecule has 5 aromatic carbocycles. The molecule has 0 saturated heterocycles. The van der Waals surface area contributed by atoms with Crippen molar-refractivity contribution in [3.8, 4) is 39.6 Å². The summed E-state index contributed by atoms with van der Waals surface area (Å²) in [5.41, 5.74) is 9.95. The lowest BCUT2D eigenvalue weighted by molar-refractivity contribution is 0.634. The zero-order chi connectivity index (χ0) is 28.3. The van der Waals surface area contributed by atoms with Gasteiger partial charge in [-0.05, 0) is 41.5 Å². The molecule has 0 fully saturated rings. The Kier molecular flexibility index (Phi) is 5.13. The molecule has 0 spiro atoms. The number of hydrogen-bond acceptors (Lipinski definition) is 4. The van der Waals surface area contributed by atoms with E-state index in [0.717, 1.165) is 66.7 Å². The Labute approximate surface area is 246 Å². The number of para-hydroxylation sites is 2. The van der Waals surface area contributed by atoms with Crippen molar-refractivity contribution in [3.63, 3.8) is 0 Å². The molecule has 0 aliphatic carbocycles. The minimum atomic E-state index is 0.647. The number of aromatic nitrogens is 3. The van der Waals surface area contributed by atoms with Crippen LogP contribution < -0.4 is 0 Å². The quantitative estimate of drug-likeness (QED) is 0.218. The monoisotopic (exact) mass is 553 g/mol. The fraction of sp³-hybridized carbons (Fsp3) is 0. The maximum Gasteiger partial charge on any atom is 0.196 e. The summed E-state index contributed by atoms with van der Waals surface area (Å²) in [5, 5.41) is 2.00. The highest BCUT2D eigenvalue weighted by molar-refractivity contribution is 6.20. The van der Waals surface area contributed by atoms with E-state index in [1.165, 1.54) is 0 Å². The van der Waals surface area contributed by atoms with E-state index < -0.39 is 0 Å². The average Bonchev–Trinajstić information content (AvgIpc) is 3.74. The summed E-state index contributed by atoms with van der Waals surface area (Å²) in [6.45, 7) is 0. The SMILES string of the molecule is c1ccc(-c2cccc(-c3cc(-n4c5c6ccccc6oc5c5oc6ccccc6c54)nc(-c4ccccc4)n3)c2)cc1. The van der Waals surface area contributed by atoms with E-state index in [-0.39, 0.29) is 0 Å². The van der Waals surface area contributed by atoms with E-state index in [9.17, 15) is 0 Å². The molecule has 0 N–H and O–H groups in total. The smallest absolute Gasteiger partial charge is 0.196 e. The summed E-state index contributed by atoms with van der Waals surface area (Å²) in [4.78, 5) is 10.3. The van der Waals surface area contributed by atoms with Gasteiger partial charge in [0.2, 0.25) is 0 Å². The van der Waals surface area contributed by atoms with Crippen molar-refractivity contribution in [3.05, 3.63) is 140 Å². The van der Waals surface area contributed by atoms with Crippen LogP contribution in [-0.4, -0.2) is 14.5 Å². The van der Waals surface area contributed by atoms with Crippen LogP contribution in [-0.2, 0) is 0 Å². The van der Waals surface area contributed by atoms with Crippen molar-refractivity contribution in [2.75, 3.05) is 0 Å². The minimum absolute atomic E-state index is 0.647. The third-order valence-electron chi connectivity index (χ3n) is 8.03. The van der Waals surface area contributed by atoms with Crippen molar-refractivity contribution in [2.45, 2.75) is 0 Å². The Balaban J connectivity index is 1.38. The van der Waals surface area contributed by atoms with Gasteiger partial charge in [0.25, 0.3) is 0 Å². The van der Waals surface area contributed by atoms with Gasteiger partial charge in [-0.25, -0.2) is 9.97 Å². The Morgan fingerprint density at radius 1 is 0.442 bits per heavy atom. The van der Waals surface area contributed by atoms with Gasteiger partial charge >= 0.3 is 0 Å². The molecule has 5 heteroatoms. The zero-order valence-electron chi connectivity index (χ0n) is 22.9. The van der Waals surface area contributed by atoms with E-state index in [1.807, 2.05) is 72.8 Å². The van der Waals surface area contributed by atoms with Crippen LogP contribution >= 0.6 is 0 Å². The summed E-state index contributed by atoms with van der Waals surface area (Å²) < 4.78 is 15.0. The van der Waals surface area contributed by atoms with Gasteiger partial charge in [-0.1, -0.05) is 103 Å². The molecule has 9 aromatic rings. The summed E-state index contributed by atoms with van der Waals surface area (Å²) in [6.07, 6.45) is 0. The third-order valence-corrected chi connectivity index (χ3v) is 8.03. The molecule has 0 radical (unpaired) electrons. The molecule has 9 rings (SSSR count). The zero-order valence-corrected chi connectivity index (χ0v) is 22.9. The van der Waals surface area contributed by atoms with E-state index in [4.69, 9.17) is 18.8 Å². The Morgan fingerprint density at radius 2 is 0.977 bits per heavy atom. The Bertz CT molecular complexity index is 2360. The van der Waals surface area contributed by atoms with Crippen molar-refractivity contribution in [1.82, 2.24) is 14.5 Å². The summed E-state index contributed by atoms with van der Waals surface area (Å²) >= 11 is 0. The van der Waals surface area contributed by atoms with E-state index >= 15 is 0 Å². The van der Waals surface area contributed by atoms with Crippen LogP contribution in [0.2, 0.25) is 0 Å². The molecule has 0 aliphatic heterocycles. The topological polar surface area (TPSA) is 57.0 Å². The lowest BCUT2D eigenvalue weighted by Gasteiger charge is -2.12. The molecular weight excluding hydrogens is 530 g/mol. The first-order valence-corrected chi connectivity index (χ1v) is 14.3. The Morgan fingerprint density at radius 3 is 1.63 bits per heavy atom. The van der Waals surface area contributed by atoms with Gasteiger partial charge in [0.1, 0.15) is 28.0 Å². The fourth-order valence-corrected chi connectivity index (χ4v) is 6.06. The largest absolute Gasteiger partial charge is 0.450 e. The molecule has 5 nitrogen and oxygen atoms in total. The molecule has 0 saturated carbocycles. The number of fused-ring (bicyclic) bond motifs is 7. The maximum atomic E-state index is 6.43. The van der Waals surface area contributed by atoms with E-state index in [0.29, 0.717) is 17.0 Å². The predicted octanol–water partition coefficient (Wildman–Crippen LogP) is 10.1. The molecule has 4 heterocycles. The van der Waals surface area contributed by atoms with Gasteiger partial charge in [-0.2, -0.15) is 0 Å². The summed E-state index contributed by atoms with van der Waals surface area (Å²) in [6, 6.07) is 47.3. The van der Waals surface area contributed by atoms with Gasteiger partial charge in [0, 0.05) is 28.0 Å². The molecule has 0 aliphatic rings. The highest BCUT2D eigenvalue weighted by Crippen LogP contribution is 2.43. The van der Waals surface area contributed by atoms with Crippen LogP contribution in [0.25, 0.3) is 83.7 Å². The van der Waals surface area contributed by atoms with Crippen molar-refractivity contribution in [2.24, 2.45) is 0 Å². The first kappa shape index (κ1) is 23.7. The molecule has 4 aromatic heterocycles. The highest BCUT2D eigenvalue weighted by atomic mass is 16.4. The van der Waals surface area contributed by atoms with E-state index in [1.54, 1.807) is 0 Å². The first-order valence-electron chi connectivity index (χ1n) is 14.3. The fourth-order valence-electron chi connectivity index (χ4n) is 6.06. The molecular formula is C38H23N3O2. The second-order valence-corrected chi connectivity index (χ2v) is 10.6. The van der Waals surface area contributed by atoms with Crippen LogP contribution in [0.5, 0.6) is 0 Å². The number of benzene rings is 5. The lowest BCUT2D eigenvalue weighted by atomic mass is 10.0. The van der Waals surface area contributed by atoms with E-state index in [2.05, 4.69) is 71.3 Å². The van der Waals surface area contributed by atoms with Gasteiger partial charge < -0.3 is 8.83 Å². The number of hydrogen-bond donors (Lipinski definition) is 0. The summed E-state index contributed by atoms with van der Waals surface area (Å²) in [5.74, 6) is 1.39. The first-order chi connectivity index (χ1) is 21.3. The van der Waals surface area contributed by atoms with Gasteiger partial charge in [0.15, 0.2) is 17.0 Å². The number of rotatable bonds is 4. The third kappa shape index (κ3) is 3.72. The number of furan rings is 2. The lowest BCUT2D eigenvalue weighted by Crippen LogP contribution is -2.02. The molecule has 43 heavy (non-hydrogen) atoms. The summed E-state index contributed by atoms with van der Waals surface area (Å²) in [7, 11) is 0.